The van der Waals surface area contributed by atoms with Gasteiger partial charge in [-0.2, -0.15) is 0 Å². The second-order valence-corrected chi connectivity index (χ2v) is 7.85. The number of rotatable bonds is 2. The summed E-state index contributed by atoms with van der Waals surface area (Å²) in [6, 6.07) is 0.0982. The lowest BCUT2D eigenvalue weighted by atomic mass is 9.72. The van der Waals surface area contributed by atoms with Crippen molar-refractivity contribution in [1.82, 2.24) is 5.32 Å². The van der Waals surface area contributed by atoms with Crippen molar-refractivity contribution in [3.05, 3.63) is 34.6 Å². The van der Waals surface area contributed by atoms with Crippen LogP contribution in [0.4, 0.5) is 0 Å². The Labute approximate surface area is 141 Å². The van der Waals surface area contributed by atoms with Crippen LogP contribution in [0.1, 0.15) is 46.5 Å². The van der Waals surface area contributed by atoms with Crippen molar-refractivity contribution in [3.63, 3.8) is 0 Å². The van der Waals surface area contributed by atoms with Crippen LogP contribution in [0.3, 0.4) is 0 Å². The Bertz CT molecular complexity index is 713. The van der Waals surface area contributed by atoms with Crippen molar-refractivity contribution >= 4 is 11.9 Å². The molecule has 1 fully saturated rings. The lowest BCUT2D eigenvalue weighted by Gasteiger charge is -2.35. The monoisotopic (exact) mass is 329 g/mol. The third kappa shape index (κ3) is 2.29. The highest BCUT2D eigenvalue weighted by Gasteiger charge is 2.50. The van der Waals surface area contributed by atoms with Gasteiger partial charge in [0.25, 0.3) is 12.2 Å². The van der Waals surface area contributed by atoms with Gasteiger partial charge in [0.2, 0.25) is 0 Å². The van der Waals surface area contributed by atoms with Gasteiger partial charge < -0.3 is 14.8 Å². The molecule has 1 N–H and O–H groups in total. The highest BCUT2D eigenvalue weighted by molar-refractivity contribution is 5.97. The average Bonchev–Trinajstić information content (AvgIpc) is 3.10. The van der Waals surface area contributed by atoms with E-state index in [-0.39, 0.29) is 29.3 Å². The first kappa shape index (κ1) is 15.5. The van der Waals surface area contributed by atoms with Crippen molar-refractivity contribution in [2.45, 2.75) is 58.8 Å². The van der Waals surface area contributed by atoms with E-state index in [1.165, 1.54) is 30.2 Å². The van der Waals surface area contributed by atoms with E-state index in [0.29, 0.717) is 11.1 Å². The SMILES string of the molecule is CC1=CC(O/C=C2/C(=O)N[C@@H]3C4=C(CCCC4(C)C)C[C@H]23)OC1=O. The standard InChI is InChI=1S/C19H23NO4/c1-10-7-14(24-18(10)22)23-9-13-12-8-11-5-4-6-19(2,3)15(11)16(12)20-17(13)21/h7,9,12,14,16H,4-6,8H2,1-3H3,(H,20,21)/b13-9+/t12-,14?,16+/m1/s1. The second-order valence-electron chi connectivity index (χ2n) is 7.85. The molecule has 2 aliphatic heterocycles. The number of cyclic esters (lactones) is 1. The third-order valence-electron chi connectivity index (χ3n) is 5.78. The molecule has 4 aliphatic rings. The number of amides is 1. The molecule has 3 atom stereocenters. The minimum absolute atomic E-state index is 0.0667. The summed E-state index contributed by atoms with van der Waals surface area (Å²) in [7, 11) is 0. The highest BCUT2D eigenvalue weighted by atomic mass is 16.7. The summed E-state index contributed by atoms with van der Waals surface area (Å²) in [6.45, 7) is 6.24. The molecule has 0 aromatic rings. The number of hydrogen-bond donors (Lipinski definition) is 1. The molecule has 128 valence electrons. The summed E-state index contributed by atoms with van der Waals surface area (Å²) >= 11 is 0. The van der Waals surface area contributed by atoms with Crippen molar-refractivity contribution < 1.29 is 19.1 Å². The van der Waals surface area contributed by atoms with Gasteiger partial charge in [0, 0.05) is 17.6 Å². The number of esters is 1. The minimum atomic E-state index is -0.725. The molecule has 1 unspecified atom stereocenters. The van der Waals surface area contributed by atoms with Gasteiger partial charge in [-0.25, -0.2) is 4.79 Å². The van der Waals surface area contributed by atoms with Crippen LogP contribution in [0, 0.1) is 11.3 Å². The molecule has 1 saturated heterocycles. The van der Waals surface area contributed by atoms with E-state index >= 15 is 0 Å². The third-order valence-corrected chi connectivity index (χ3v) is 5.78. The number of allylic oxidation sites excluding steroid dienone is 1. The van der Waals surface area contributed by atoms with E-state index in [1.54, 1.807) is 13.0 Å². The Morgan fingerprint density at radius 1 is 1.38 bits per heavy atom. The van der Waals surface area contributed by atoms with Crippen molar-refractivity contribution in [2.24, 2.45) is 11.3 Å². The van der Waals surface area contributed by atoms with Gasteiger partial charge in [0.15, 0.2) is 0 Å². The lowest BCUT2D eigenvalue weighted by molar-refractivity contribution is -0.152. The van der Waals surface area contributed by atoms with Gasteiger partial charge in [-0.3, -0.25) is 4.79 Å². The van der Waals surface area contributed by atoms with Gasteiger partial charge in [-0.05, 0) is 43.6 Å². The zero-order valence-electron chi connectivity index (χ0n) is 14.3. The van der Waals surface area contributed by atoms with E-state index in [4.69, 9.17) is 9.47 Å². The van der Waals surface area contributed by atoms with Crippen molar-refractivity contribution in [3.8, 4) is 0 Å². The van der Waals surface area contributed by atoms with E-state index in [2.05, 4.69) is 19.2 Å². The molecular weight excluding hydrogens is 306 g/mol. The van der Waals surface area contributed by atoms with Crippen LogP contribution < -0.4 is 5.32 Å². The van der Waals surface area contributed by atoms with E-state index in [9.17, 15) is 9.59 Å². The Hall–Kier alpha value is -2.04. The number of carbonyl (C=O) groups excluding carboxylic acids is 2. The molecule has 5 nitrogen and oxygen atoms in total. The lowest BCUT2D eigenvalue weighted by Crippen LogP contribution is -2.35. The summed E-state index contributed by atoms with van der Waals surface area (Å²) in [4.78, 5) is 23.8. The fourth-order valence-corrected chi connectivity index (χ4v) is 4.64. The molecule has 0 spiro atoms. The minimum Gasteiger partial charge on any atom is -0.458 e. The number of hydrogen-bond acceptors (Lipinski definition) is 4. The Morgan fingerprint density at radius 3 is 2.88 bits per heavy atom. The Morgan fingerprint density at radius 2 is 2.17 bits per heavy atom. The molecule has 5 heteroatoms. The quantitative estimate of drug-likeness (QED) is 0.366. The smallest absolute Gasteiger partial charge is 0.336 e. The number of nitrogens with one attached hydrogen (secondary N) is 1. The summed E-state index contributed by atoms with van der Waals surface area (Å²) in [5.74, 6) is -0.295. The molecule has 0 bridgehead atoms. The second kappa shape index (κ2) is 5.23. The van der Waals surface area contributed by atoms with Gasteiger partial charge >= 0.3 is 5.97 Å². The van der Waals surface area contributed by atoms with E-state index in [1.807, 2.05) is 0 Å². The normalized spacial score (nSPS) is 35.5. The maximum atomic E-state index is 12.4. The van der Waals surface area contributed by atoms with Crippen molar-refractivity contribution in [1.29, 1.82) is 0 Å². The summed E-state index contributed by atoms with van der Waals surface area (Å²) in [6.07, 6.45) is 6.86. The maximum Gasteiger partial charge on any atom is 0.336 e. The molecule has 24 heavy (non-hydrogen) atoms. The zero-order valence-corrected chi connectivity index (χ0v) is 14.3. The summed E-state index contributed by atoms with van der Waals surface area (Å²) in [5, 5.41) is 3.15. The zero-order chi connectivity index (χ0) is 17.1. The fourth-order valence-electron chi connectivity index (χ4n) is 4.64. The predicted octanol–water partition coefficient (Wildman–Crippen LogP) is 2.74. The molecule has 0 aromatic carbocycles. The van der Waals surface area contributed by atoms with Gasteiger partial charge in [0.05, 0.1) is 17.9 Å². The fraction of sp³-hybridized carbons (Fsp3) is 0.579. The largest absolute Gasteiger partial charge is 0.458 e. The molecule has 1 amide bonds. The first-order chi connectivity index (χ1) is 11.4. The van der Waals surface area contributed by atoms with Crippen LogP contribution in [-0.4, -0.2) is 24.2 Å². The highest BCUT2D eigenvalue weighted by Crippen LogP contribution is 2.53. The molecule has 2 heterocycles. The Kier molecular flexibility index (Phi) is 3.37. The first-order valence-corrected chi connectivity index (χ1v) is 8.65. The molecule has 0 aromatic heterocycles. The Balaban J connectivity index is 1.55. The molecule has 4 rings (SSSR count). The van der Waals surface area contributed by atoms with Crippen molar-refractivity contribution in [2.75, 3.05) is 0 Å². The number of fused-ring (bicyclic) bond motifs is 2. The topological polar surface area (TPSA) is 64.6 Å². The van der Waals surface area contributed by atoms with Crippen LogP contribution in [-0.2, 0) is 19.1 Å². The predicted molar refractivity (Wildman–Crippen MR) is 87.5 cm³/mol. The molecule has 2 aliphatic carbocycles. The van der Waals surface area contributed by atoms with E-state index in [0.717, 1.165) is 12.8 Å². The molecular formula is C19H23NO4. The summed E-state index contributed by atoms with van der Waals surface area (Å²) in [5.41, 5.74) is 4.29. The van der Waals surface area contributed by atoms with Gasteiger partial charge in [0.1, 0.15) is 0 Å². The average molecular weight is 329 g/mol. The van der Waals surface area contributed by atoms with Crippen LogP contribution in [0.15, 0.2) is 34.6 Å². The number of carbonyl (C=O) groups is 2. The van der Waals surface area contributed by atoms with E-state index < -0.39 is 6.29 Å². The van der Waals surface area contributed by atoms with Crippen LogP contribution in [0.25, 0.3) is 0 Å². The van der Waals surface area contributed by atoms with Crippen LogP contribution >= 0.6 is 0 Å². The number of ether oxygens (including phenoxy) is 2. The molecule has 0 saturated carbocycles. The van der Waals surface area contributed by atoms with Crippen LogP contribution in [0.5, 0.6) is 0 Å². The molecule has 0 radical (unpaired) electrons. The first-order valence-electron chi connectivity index (χ1n) is 8.65. The van der Waals surface area contributed by atoms with Gasteiger partial charge in [-0.1, -0.05) is 19.4 Å². The van der Waals surface area contributed by atoms with Gasteiger partial charge in [-0.15, -0.1) is 0 Å². The van der Waals surface area contributed by atoms with Crippen LogP contribution in [0.2, 0.25) is 0 Å². The maximum absolute atomic E-state index is 12.4. The summed E-state index contributed by atoms with van der Waals surface area (Å²) < 4.78 is 10.6.